The van der Waals surface area contributed by atoms with Crippen LogP contribution in [0.2, 0.25) is 0 Å². The number of nitrogens with one attached hydrogen (secondary N) is 1. The minimum atomic E-state index is -0.154. The first-order valence-electron chi connectivity index (χ1n) is 7.17. The van der Waals surface area contributed by atoms with Gasteiger partial charge in [-0.2, -0.15) is 0 Å². The van der Waals surface area contributed by atoms with E-state index >= 15 is 0 Å². The number of methoxy groups -OCH3 is 1. The topological polar surface area (TPSA) is 47.6 Å². The molecule has 1 heterocycles. The summed E-state index contributed by atoms with van der Waals surface area (Å²) in [5, 5.41) is 3.44. The molecule has 4 heteroatoms. The summed E-state index contributed by atoms with van der Waals surface area (Å²) < 4.78 is 10.7. The van der Waals surface area contributed by atoms with E-state index in [-0.39, 0.29) is 24.2 Å². The first kappa shape index (κ1) is 15.0. The van der Waals surface area contributed by atoms with E-state index in [4.69, 9.17) is 9.47 Å². The lowest BCUT2D eigenvalue weighted by Gasteiger charge is -2.35. The maximum Gasteiger partial charge on any atom is 0.307 e. The van der Waals surface area contributed by atoms with Gasteiger partial charge in [0.05, 0.1) is 26.2 Å². The van der Waals surface area contributed by atoms with Gasteiger partial charge in [0.1, 0.15) is 0 Å². The maximum absolute atomic E-state index is 11.3. The van der Waals surface area contributed by atoms with Gasteiger partial charge in [0.2, 0.25) is 0 Å². The van der Waals surface area contributed by atoms with Gasteiger partial charge in [-0.05, 0) is 25.3 Å². The maximum atomic E-state index is 11.3. The lowest BCUT2D eigenvalue weighted by atomic mass is 9.95. The van der Waals surface area contributed by atoms with Crippen molar-refractivity contribution in [3.63, 3.8) is 0 Å². The van der Waals surface area contributed by atoms with Crippen molar-refractivity contribution in [3.05, 3.63) is 35.9 Å². The molecular formula is C16H23NO3. The number of ether oxygens (including phenoxy) is 2. The molecule has 1 aromatic rings. The zero-order valence-corrected chi connectivity index (χ0v) is 12.2. The molecule has 20 heavy (non-hydrogen) atoms. The molecule has 1 N–H and O–H groups in total. The Bertz CT molecular complexity index is 421. The van der Waals surface area contributed by atoms with E-state index in [0.717, 1.165) is 12.8 Å². The van der Waals surface area contributed by atoms with Crippen LogP contribution in [0.5, 0.6) is 0 Å². The summed E-state index contributed by atoms with van der Waals surface area (Å²) in [6.45, 7) is 2.75. The molecule has 2 rings (SSSR count). The molecule has 1 aliphatic rings. The molecule has 110 valence electrons. The lowest BCUT2D eigenvalue weighted by molar-refractivity contribution is -0.141. The average molecular weight is 277 g/mol. The number of carbonyl (C=O) groups is 1. The number of esters is 1. The van der Waals surface area contributed by atoms with Gasteiger partial charge in [0, 0.05) is 12.1 Å². The van der Waals surface area contributed by atoms with Crippen LogP contribution < -0.4 is 5.32 Å². The van der Waals surface area contributed by atoms with Crippen LogP contribution in [0, 0.1) is 0 Å². The zero-order valence-electron chi connectivity index (χ0n) is 12.2. The Morgan fingerprint density at radius 2 is 2.05 bits per heavy atom. The fourth-order valence-electron chi connectivity index (χ4n) is 2.63. The third kappa shape index (κ3) is 4.32. The standard InChI is InChI=1S/C16H23NO3/c1-12-15(20-11-13-6-4-3-5-7-13)9-8-14(17-12)10-16(18)19-2/h3-7,12,14-15,17H,8-11H2,1-2H3/t12-,14-,15-/m0/s1. The van der Waals surface area contributed by atoms with Crippen molar-refractivity contribution in [2.24, 2.45) is 0 Å². The first-order chi connectivity index (χ1) is 9.69. The van der Waals surface area contributed by atoms with E-state index in [0.29, 0.717) is 13.0 Å². The van der Waals surface area contributed by atoms with Crippen molar-refractivity contribution in [2.75, 3.05) is 7.11 Å². The van der Waals surface area contributed by atoms with Crippen molar-refractivity contribution in [1.29, 1.82) is 0 Å². The van der Waals surface area contributed by atoms with E-state index in [1.165, 1.54) is 12.7 Å². The van der Waals surface area contributed by atoms with Gasteiger partial charge in [0.15, 0.2) is 0 Å². The van der Waals surface area contributed by atoms with Crippen LogP contribution in [-0.4, -0.2) is 31.3 Å². The smallest absolute Gasteiger partial charge is 0.307 e. The van der Waals surface area contributed by atoms with Crippen LogP contribution in [0.4, 0.5) is 0 Å². The second kappa shape index (κ2) is 7.41. The van der Waals surface area contributed by atoms with Gasteiger partial charge in [-0.25, -0.2) is 0 Å². The fourth-order valence-corrected chi connectivity index (χ4v) is 2.63. The largest absolute Gasteiger partial charge is 0.469 e. The molecule has 1 aromatic carbocycles. The number of carbonyl (C=O) groups excluding carboxylic acids is 1. The van der Waals surface area contributed by atoms with E-state index in [1.54, 1.807) is 0 Å². The third-order valence-electron chi connectivity index (χ3n) is 3.80. The lowest BCUT2D eigenvalue weighted by Crippen LogP contribution is -2.50. The molecule has 0 spiro atoms. The van der Waals surface area contributed by atoms with Gasteiger partial charge >= 0.3 is 5.97 Å². The summed E-state index contributed by atoms with van der Waals surface area (Å²) in [4.78, 5) is 11.3. The normalized spacial score (nSPS) is 26.2. The molecule has 1 fully saturated rings. The van der Waals surface area contributed by atoms with Crippen LogP contribution in [-0.2, 0) is 20.9 Å². The molecule has 0 aromatic heterocycles. The highest BCUT2D eigenvalue weighted by Gasteiger charge is 2.28. The molecule has 0 aliphatic carbocycles. The van der Waals surface area contributed by atoms with E-state index in [9.17, 15) is 4.79 Å². The molecule has 1 aliphatic heterocycles. The molecule has 4 nitrogen and oxygen atoms in total. The second-order valence-electron chi connectivity index (χ2n) is 5.34. The Morgan fingerprint density at radius 1 is 1.30 bits per heavy atom. The molecular weight excluding hydrogens is 254 g/mol. The summed E-state index contributed by atoms with van der Waals surface area (Å²) >= 11 is 0. The van der Waals surface area contributed by atoms with Crippen molar-refractivity contribution < 1.29 is 14.3 Å². The second-order valence-corrected chi connectivity index (χ2v) is 5.34. The average Bonchev–Trinajstić information content (AvgIpc) is 2.47. The summed E-state index contributed by atoms with van der Waals surface area (Å²) in [5.41, 5.74) is 1.19. The van der Waals surface area contributed by atoms with Crippen molar-refractivity contribution in [2.45, 2.75) is 51.0 Å². The quantitative estimate of drug-likeness (QED) is 0.839. The van der Waals surface area contributed by atoms with Crippen LogP contribution >= 0.6 is 0 Å². The van der Waals surface area contributed by atoms with E-state index < -0.39 is 0 Å². The van der Waals surface area contributed by atoms with Crippen LogP contribution in [0.3, 0.4) is 0 Å². The van der Waals surface area contributed by atoms with Gasteiger partial charge < -0.3 is 14.8 Å². The number of hydrogen-bond donors (Lipinski definition) is 1. The van der Waals surface area contributed by atoms with Crippen molar-refractivity contribution in [3.8, 4) is 0 Å². The highest BCUT2D eigenvalue weighted by Crippen LogP contribution is 2.20. The molecule has 0 amide bonds. The first-order valence-corrected chi connectivity index (χ1v) is 7.17. The summed E-state index contributed by atoms with van der Waals surface area (Å²) in [7, 11) is 1.43. The minimum absolute atomic E-state index is 0.154. The van der Waals surface area contributed by atoms with Crippen molar-refractivity contribution >= 4 is 5.97 Å². The minimum Gasteiger partial charge on any atom is -0.469 e. The number of piperidine rings is 1. The molecule has 0 unspecified atom stereocenters. The Labute approximate surface area is 120 Å². The van der Waals surface area contributed by atoms with Gasteiger partial charge in [0.25, 0.3) is 0 Å². The number of hydrogen-bond acceptors (Lipinski definition) is 4. The summed E-state index contributed by atoms with van der Waals surface area (Å²) in [5.74, 6) is -0.154. The van der Waals surface area contributed by atoms with Crippen LogP contribution in [0.1, 0.15) is 31.7 Å². The molecule has 0 bridgehead atoms. The van der Waals surface area contributed by atoms with Crippen molar-refractivity contribution in [1.82, 2.24) is 5.32 Å². The Morgan fingerprint density at radius 3 is 2.70 bits per heavy atom. The van der Waals surface area contributed by atoms with Gasteiger partial charge in [-0.3, -0.25) is 4.79 Å². The predicted molar refractivity (Wildman–Crippen MR) is 77.3 cm³/mol. The zero-order chi connectivity index (χ0) is 14.4. The molecule has 0 saturated carbocycles. The monoisotopic (exact) mass is 277 g/mol. The Hall–Kier alpha value is -1.39. The third-order valence-corrected chi connectivity index (χ3v) is 3.80. The van der Waals surface area contributed by atoms with E-state index in [2.05, 4.69) is 24.4 Å². The Kier molecular flexibility index (Phi) is 5.56. The highest BCUT2D eigenvalue weighted by molar-refractivity contribution is 5.69. The van der Waals surface area contributed by atoms with Gasteiger partial charge in [-0.15, -0.1) is 0 Å². The number of benzene rings is 1. The van der Waals surface area contributed by atoms with Crippen LogP contribution in [0.25, 0.3) is 0 Å². The van der Waals surface area contributed by atoms with E-state index in [1.807, 2.05) is 18.2 Å². The summed E-state index contributed by atoms with van der Waals surface area (Å²) in [6, 6.07) is 10.6. The molecule has 0 radical (unpaired) electrons. The Balaban J connectivity index is 1.77. The fraction of sp³-hybridized carbons (Fsp3) is 0.562. The SMILES string of the molecule is COC(=O)C[C@@H]1CC[C@H](OCc2ccccc2)[C@H](C)N1. The van der Waals surface area contributed by atoms with Crippen LogP contribution in [0.15, 0.2) is 30.3 Å². The summed E-state index contributed by atoms with van der Waals surface area (Å²) in [6.07, 6.45) is 2.55. The highest BCUT2D eigenvalue weighted by atomic mass is 16.5. The predicted octanol–water partition coefficient (Wildman–Crippen LogP) is 2.28. The molecule has 1 saturated heterocycles. The molecule has 3 atom stereocenters. The number of rotatable bonds is 5. The van der Waals surface area contributed by atoms with Gasteiger partial charge in [-0.1, -0.05) is 30.3 Å².